The first kappa shape index (κ1) is 15.6. The van der Waals surface area contributed by atoms with Gasteiger partial charge in [0.2, 0.25) is 0 Å². The Bertz CT molecular complexity index is 599. The van der Waals surface area contributed by atoms with E-state index in [1.807, 2.05) is 18.2 Å². The second-order valence-corrected chi connectivity index (χ2v) is 6.44. The Morgan fingerprint density at radius 3 is 2.57 bits per heavy atom. The summed E-state index contributed by atoms with van der Waals surface area (Å²) in [5.41, 5.74) is 7.78. The standard InChI is InChI=1S/C17H21NO2S/c1-20-15-10-11-16(18)17(13-15)21(19)12-6-5-9-14-7-3-2-4-8-14/h2-4,7-8,10-11,13H,5-6,9,12,18H2,1H3. The Morgan fingerprint density at radius 2 is 1.86 bits per heavy atom. The number of hydrogen-bond acceptors (Lipinski definition) is 3. The molecule has 0 aliphatic carbocycles. The predicted octanol–water partition coefficient (Wildman–Crippen LogP) is 3.41. The van der Waals surface area contributed by atoms with Crippen LogP contribution in [0, 0.1) is 0 Å². The molecule has 3 nitrogen and oxygen atoms in total. The van der Waals surface area contributed by atoms with Crippen LogP contribution < -0.4 is 10.5 Å². The molecule has 0 radical (unpaired) electrons. The molecule has 1 atom stereocenters. The summed E-state index contributed by atoms with van der Waals surface area (Å²) in [7, 11) is 0.526. The van der Waals surface area contributed by atoms with E-state index >= 15 is 0 Å². The maximum atomic E-state index is 12.3. The summed E-state index contributed by atoms with van der Waals surface area (Å²) >= 11 is 0. The molecule has 21 heavy (non-hydrogen) atoms. The average Bonchev–Trinajstić information content (AvgIpc) is 2.53. The zero-order valence-electron chi connectivity index (χ0n) is 12.2. The van der Waals surface area contributed by atoms with Crippen molar-refractivity contribution in [3.05, 3.63) is 54.1 Å². The third kappa shape index (κ3) is 4.60. The van der Waals surface area contributed by atoms with E-state index in [1.54, 1.807) is 25.3 Å². The molecule has 4 heteroatoms. The van der Waals surface area contributed by atoms with Gasteiger partial charge >= 0.3 is 0 Å². The summed E-state index contributed by atoms with van der Waals surface area (Å²) in [6.45, 7) is 0. The molecule has 0 aliphatic heterocycles. The topological polar surface area (TPSA) is 52.3 Å². The third-order valence-corrected chi connectivity index (χ3v) is 4.86. The minimum atomic E-state index is -1.07. The van der Waals surface area contributed by atoms with Crippen LogP contribution >= 0.6 is 0 Å². The lowest BCUT2D eigenvalue weighted by molar-refractivity contribution is 0.413. The Kier molecular flexibility index (Phi) is 5.81. The number of rotatable bonds is 7. The molecule has 0 aromatic heterocycles. The van der Waals surface area contributed by atoms with Crippen LogP contribution in [-0.4, -0.2) is 17.1 Å². The monoisotopic (exact) mass is 303 g/mol. The first-order valence-corrected chi connectivity index (χ1v) is 8.38. The Hall–Kier alpha value is -1.81. The van der Waals surface area contributed by atoms with Crippen LogP contribution in [0.5, 0.6) is 5.75 Å². The van der Waals surface area contributed by atoms with Crippen LogP contribution in [0.1, 0.15) is 18.4 Å². The number of nitrogen functional groups attached to an aromatic ring is 1. The van der Waals surface area contributed by atoms with Gasteiger partial charge in [-0.05, 0) is 43.0 Å². The highest BCUT2D eigenvalue weighted by molar-refractivity contribution is 7.85. The molecule has 2 rings (SSSR count). The number of nitrogens with two attached hydrogens (primary N) is 1. The molecular weight excluding hydrogens is 282 g/mol. The van der Waals surface area contributed by atoms with E-state index in [4.69, 9.17) is 10.5 Å². The van der Waals surface area contributed by atoms with E-state index < -0.39 is 10.8 Å². The molecule has 0 saturated carbocycles. The van der Waals surface area contributed by atoms with Gasteiger partial charge in [0.05, 0.1) is 22.8 Å². The highest BCUT2D eigenvalue weighted by Crippen LogP contribution is 2.23. The van der Waals surface area contributed by atoms with E-state index in [9.17, 15) is 4.21 Å². The summed E-state index contributed by atoms with van der Waals surface area (Å²) in [5.74, 6) is 1.32. The molecular formula is C17H21NO2S. The van der Waals surface area contributed by atoms with Crippen LogP contribution in [0.2, 0.25) is 0 Å². The van der Waals surface area contributed by atoms with Crippen LogP contribution in [0.4, 0.5) is 5.69 Å². The molecule has 2 N–H and O–H groups in total. The van der Waals surface area contributed by atoms with Crippen molar-refractivity contribution in [1.82, 2.24) is 0 Å². The lowest BCUT2D eigenvalue weighted by Crippen LogP contribution is -2.03. The number of aryl methyl sites for hydroxylation is 1. The Morgan fingerprint density at radius 1 is 1.10 bits per heavy atom. The molecule has 0 spiro atoms. The maximum Gasteiger partial charge on any atom is 0.120 e. The summed E-state index contributed by atoms with van der Waals surface area (Å²) in [4.78, 5) is 0.675. The number of hydrogen-bond donors (Lipinski definition) is 1. The van der Waals surface area contributed by atoms with E-state index in [0.29, 0.717) is 22.1 Å². The van der Waals surface area contributed by atoms with Gasteiger partial charge < -0.3 is 10.5 Å². The quantitative estimate of drug-likeness (QED) is 0.630. The van der Waals surface area contributed by atoms with Crippen molar-refractivity contribution >= 4 is 16.5 Å². The van der Waals surface area contributed by atoms with Gasteiger partial charge in [0.25, 0.3) is 0 Å². The Balaban J connectivity index is 1.84. The SMILES string of the molecule is COc1ccc(N)c(S(=O)CCCCc2ccccc2)c1. The minimum absolute atomic E-state index is 0.567. The van der Waals surface area contributed by atoms with Gasteiger partial charge in [0, 0.05) is 11.4 Å². The van der Waals surface area contributed by atoms with Gasteiger partial charge in [-0.2, -0.15) is 0 Å². The smallest absolute Gasteiger partial charge is 0.120 e. The summed E-state index contributed by atoms with van der Waals surface area (Å²) in [5, 5.41) is 0. The maximum absolute atomic E-state index is 12.3. The molecule has 112 valence electrons. The molecule has 2 aromatic rings. The zero-order valence-corrected chi connectivity index (χ0v) is 13.1. The van der Waals surface area contributed by atoms with Gasteiger partial charge in [0.1, 0.15) is 5.75 Å². The fourth-order valence-electron chi connectivity index (χ4n) is 2.16. The van der Waals surface area contributed by atoms with Crippen molar-refractivity contribution in [1.29, 1.82) is 0 Å². The fourth-order valence-corrected chi connectivity index (χ4v) is 3.42. The van der Waals surface area contributed by atoms with Crippen LogP contribution in [0.25, 0.3) is 0 Å². The summed E-state index contributed by atoms with van der Waals surface area (Å²) in [6, 6.07) is 15.6. The molecule has 1 unspecified atom stereocenters. The summed E-state index contributed by atoms with van der Waals surface area (Å²) in [6.07, 6.45) is 2.96. The fraction of sp³-hybridized carbons (Fsp3) is 0.294. The molecule has 0 saturated heterocycles. The Labute approximate surface area is 128 Å². The predicted molar refractivity (Wildman–Crippen MR) is 88.1 cm³/mol. The first-order chi connectivity index (χ1) is 10.2. The number of methoxy groups -OCH3 is 1. The van der Waals surface area contributed by atoms with Crippen LogP contribution in [0.3, 0.4) is 0 Å². The number of benzene rings is 2. The lowest BCUT2D eigenvalue weighted by atomic mass is 10.1. The van der Waals surface area contributed by atoms with Crippen molar-refractivity contribution in [3.8, 4) is 5.75 Å². The molecule has 0 amide bonds. The number of ether oxygens (including phenoxy) is 1. The lowest BCUT2D eigenvalue weighted by Gasteiger charge is -2.08. The largest absolute Gasteiger partial charge is 0.497 e. The number of unbranched alkanes of at least 4 members (excludes halogenated alkanes) is 1. The van der Waals surface area contributed by atoms with E-state index in [2.05, 4.69) is 12.1 Å². The van der Waals surface area contributed by atoms with Gasteiger partial charge in [-0.15, -0.1) is 0 Å². The van der Waals surface area contributed by atoms with E-state index in [-0.39, 0.29) is 0 Å². The van der Waals surface area contributed by atoms with Gasteiger partial charge in [-0.25, -0.2) is 0 Å². The zero-order chi connectivity index (χ0) is 15.1. The van der Waals surface area contributed by atoms with E-state index in [1.165, 1.54) is 5.56 Å². The van der Waals surface area contributed by atoms with E-state index in [0.717, 1.165) is 19.3 Å². The van der Waals surface area contributed by atoms with Crippen LogP contribution in [-0.2, 0) is 17.2 Å². The van der Waals surface area contributed by atoms with Crippen molar-refractivity contribution in [2.24, 2.45) is 0 Å². The van der Waals surface area contributed by atoms with Crippen molar-refractivity contribution < 1.29 is 8.95 Å². The first-order valence-electron chi connectivity index (χ1n) is 7.06. The molecule has 0 bridgehead atoms. The van der Waals surface area contributed by atoms with Gasteiger partial charge in [-0.3, -0.25) is 4.21 Å². The van der Waals surface area contributed by atoms with Crippen molar-refractivity contribution in [3.63, 3.8) is 0 Å². The van der Waals surface area contributed by atoms with Crippen molar-refractivity contribution in [2.75, 3.05) is 18.6 Å². The number of anilines is 1. The van der Waals surface area contributed by atoms with Crippen molar-refractivity contribution in [2.45, 2.75) is 24.2 Å². The molecule has 0 fully saturated rings. The molecule has 2 aromatic carbocycles. The third-order valence-electron chi connectivity index (χ3n) is 3.35. The van der Waals surface area contributed by atoms with Crippen LogP contribution in [0.15, 0.2) is 53.4 Å². The molecule has 0 heterocycles. The normalized spacial score (nSPS) is 12.0. The minimum Gasteiger partial charge on any atom is -0.497 e. The highest BCUT2D eigenvalue weighted by Gasteiger charge is 2.09. The highest BCUT2D eigenvalue weighted by atomic mass is 32.2. The summed E-state index contributed by atoms with van der Waals surface area (Å²) < 4.78 is 17.5. The van der Waals surface area contributed by atoms with Gasteiger partial charge in [0.15, 0.2) is 0 Å². The molecule has 0 aliphatic rings. The second-order valence-electron chi connectivity index (χ2n) is 4.90. The van der Waals surface area contributed by atoms with Gasteiger partial charge in [-0.1, -0.05) is 30.3 Å². The average molecular weight is 303 g/mol. The second kappa shape index (κ2) is 7.84.